The van der Waals surface area contributed by atoms with Gasteiger partial charge in [0.1, 0.15) is 0 Å². The monoisotopic (exact) mass is 170 g/mol. The van der Waals surface area contributed by atoms with Crippen molar-refractivity contribution in [3.63, 3.8) is 0 Å². The Morgan fingerprint density at radius 3 is 1.31 bits per heavy atom. The van der Waals surface area contributed by atoms with E-state index in [9.17, 15) is 0 Å². The van der Waals surface area contributed by atoms with Gasteiger partial charge in [-0.25, -0.2) is 0 Å². The van der Waals surface area contributed by atoms with E-state index >= 15 is 0 Å². The molecule has 0 aliphatic carbocycles. The van der Waals surface area contributed by atoms with Gasteiger partial charge in [0.2, 0.25) is 0 Å². The molecule has 1 aromatic rings. The maximum atomic E-state index is 2.26. The predicted molar refractivity (Wildman–Crippen MR) is 56.5 cm³/mol. The summed E-state index contributed by atoms with van der Waals surface area (Å²) in [6, 6.07) is 2.26. The molecule has 0 saturated carbocycles. The Kier molecular flexibility index (Phi) is 6.50. The van der Waals surface area contributed by atoms with Gasteiger partial charge in [-0.3, -0.25) is 0 Å². The quantitative estimate of drug-likeness (QED) is 0.397. The van der Waals surface area contributed by atoms with E-state index in [0.717, 1.165) is 0 Å². The largest absolute Gasteiger partial charge is 1.00 e. The molecule has 0 nitrogen and oxygen atoms in total. The molecule has 0 fully saturated rings. The standard InChI is InChI=1S/C11H16.CH3.Li/c1-7-6-8(2)10(4)11(5)9(7)3;;/h6H,1-5H3;1H3;/q;-1;+1. The van der Waals surface area contributed by atoms with Crippen molar-refractivity contribution in [1.82, 2.24) is 0 Å². The minimum atomic E-state index is 0. The summed E-state index contributed by atoms with van der Waals surface area (Å²) in [5.74, 6) is 0. The first-order valence-electron chi connectivity index (χ1n) is 4.08. The SMILES string of the molecule is Cc1cc(C)c(C)c(C)c1C.[CH3-].[Li+]. The molecule has 0 aliphatic rings. The van der Waals surface area contributed by atoms with Gasteiger partial charge in [-0.15, -0.1) is 0 Å². The third-order valence-electron chi connectivity index (χ3n) is 2.74. The number of rotatable bonds is 0. The molecular formula is C12H19Li. The number of aryl methyl sites for hydroxylation is 2. The first-order chi connectivity index (χ1) is 5.04. The van der Waals surface area contributed by atoms with Crippen LogP contribution in [0.5, 0.6) is 0 Å². The summed E-state index contributed by atoms with van der Waals surface area (Å²) in [5, 5.41) is 0. The van der Waals surface area contributed by atoms with Crippen molar-refractivity contribution in [3.8, 4) is 0 Å². The minimum Gasteiger partial charge on any atom is -0.358 e. The van der Waals surface area contributed by atoms with Crippen LogP contribution in [0, 0.1) is 42.0 Å². The number of hydrogen-bond acceptors (Lipinski definition) is 0. The van der Waals surface area contributed by atoms with Crippen LogP contribution in [0.25, 0.3) is 0 Å². The van der Waals surface area contributed by atoms with Crippen molar-refractivity contribution in [1.29, 1.82) is 0 Å². The molecule has 0 N–H and O–H groups in total. The van der Waals surface area contributed by atoms with Gasteiger partial charge in [0, 0.05) is 0 Å². The molecular weight excluding hydrogens is 151 g/mol. The van der Waals surface area contributed by atoms with E-state index in [2.05, 4.69) is 40.7 Å². The Morgan fingerprint density at radius 2 is 1.00 bits per heavy atom. The van der Waals surface area contributed by atoms with Gasteiger partial charge in [0.15, 0.2) is 0 Å². The fourth-order valence-corrected chi connectivity index (χ4v) is 1.41. The molecule has 13 heavy (non-hydrogen) atoms. The van der Waals surface area contributed by atoms with Gasteiger partial charge in [-0.05, 0) is 62.4 Å². The first-order valence-corrected chi connectivity index (χ1v) is 4.08. The van der Waals surface area contributed by atoms with Crippen LogP contribution in [0.1, 0.15) is 27.8 Å². The second-order valence-corrected chi connectivity index (χ2v) is 3.39. The van der Waals surface area contributed by atoms with Gasteiger partial charge in [0.05, 0.1) is 0 Å². The van der Waals surface area contributed by atoms with E-state index in [4.69, 9.17) is 0 Å². The summed E-state index contributed by atoms with van der Waals surface area (Å²) in [7, 11) is 0. The minimum absolute atomic E-state index is 0. The number of hydrogen-bond donors (Lipinski definition) is 0. The Morgan fingerprint density at radius 1 is 0.692 bits per heavy atom. The van der Waals surface area contributed by atoms with Crippen LogP contribution in [-0.2, 0) is 0 Å². The summed E-state index contributed by atoms with van der Waals surface area (Å²) in [6.45, 7) is 10.9. The molecule has 0 aromatic heterocycles. The molecule has 68 valence electrons. The van der Waals surface area contributed by atoms with Crippen molar-refractivity contribution >= 4 is 0 Å². The molecule has 1 rings (SSSR count). The maximum Gasteiger partial charge on any atom is 1.00 e. The zero-order chi connectivity index (χ0) is 8.59. The Bertz CT molecular complexity index is 261. The van der Waals surface area contributed by atoms with Crippen LogP contribution < -0.4 is 18.9 Å². The zero-order valence-corrected chi connectivity index (χ0v) is 10.1. The topological polar surface area (TPSA) is 0 Å². The normalized spacial score (nSPS) is 8.69. The Labute approximate surface area is 94.9 Å². The third-order valence-corrected chi connectivity index (χ3v) is 2.74. The van der Waals surface area contributed by atoms with Crippen LogP contribution in [0.4, 0.5) is 0 Å². The van der Waals surface area contributed by atoms with Crippen molar-refractivity contribution < 1.29 is 18.9 Å². The van der Waals surface area contributed by atoms with Crippen LogP contribution >= 0.6 is 0 Å². The summed E-state index contributed by atoms with van der Waals surface area (Å²) in [4.78, 5) is 0. The average Bonchev–Trinajstić information content (AvgIpc) is 1.97. The summed E-state index contributed by atoms with van der Waals surface area (Å²) in [5.41, 5.74) is 7.14. The van der Waals surface area contributed by atoms with E-state index in [1.165, 1.54) is 27.8 Å². The van der Waals surface area contributed by atoms with Crippen molar-refractivity contribution in [2.24, 2.45) is 0 Å². The Hall–Kier alpha value is -0.183. The molecule has 0 atom stereocenters. The molecule has 1 aromatic carbocycles. The van der Waals surface area contributed by atoms with Crippen LogP contribution in [0.3, 0.4) is 0 Å². The van der Waals surface area contributed by atoms with E-state index in [1.54, 1.807) is 0 Å². The second-order valence-electron chi connectivity index (χ2n) is 3.39. The van der Waals surface area contributed by atoms with Crippen LogP contribution in [-0.4, -0.2) is 0 Å². The Balaban J connectivity index is 0. The molecule has 0 heterocycles. The van der Waals surface area contributed by atoms with E-state index in [1.807, 2.05) is 0 Å². The fourth-order valence-electron chi connectivity index (χ4n) is 1.41. The van der Waals surface area contributed by atoms with Crippen LogP contribution in [0.15, 0.2) is 6.07 Å². The smallest absolute Gasteiger partial charge is 0.358 e. The van der Waals surface area contributed by atoms with Gasteiger partial charge >= 0.3 is 18.9 Å². The first kappa shape index (κ1) is 15.3. The molecule has 0 spiro atoms. The molecule has 0 amide bonds. The van der Waals surface area contributed by atoms with Gasteiger partial charge in [0.25, 0.3) is 0 Å². The third kappa shape index (κ3) is 2.90. The summed E-state index contributed by atoms with van der Waals surface area (Å²) in [6.07, 6.45) is 0. The average molecular weight is 170 g/mol. The van der Waals surface area contributed by atoms with E-state index in [0.29, 0.717) is 0 Å². The molecule has 0 saturated heterocycles. The van der Waals surface area contributed by atoms with Gasteiger partial charge in [-0.2, -0.15) is 0 Å². The van der Waals surface area contributed by atoms with Gasteiger partial charge in [-0.1, -0.05) is 6.07 Å². The molecule has 0 aliphatic heterocycles. The molecule has 0 unspecified atom stereocenters. The zero-order valence-electron chi connectivity index (χ0n) is 10.1. The van der Waals surface area contributed by atoms with Gasteiger partial charge < -0.3 is 7.43 Å². The van der Waals surface area contributed by atoms with Crippen molar-refractivity contribution in [3.05, 3.63) is 41.3 Å². The summed E-state index contributed by atoms with van der Waals surface area (Å²) < 4.78 is 0. The van der Waals surface area contributed by atoms with E-state index < -0.39 is 0 Å². The summed E-state index contributed by atoms with van der Waals surface area (Å²) >= 11 is 0. The van der Waals surface area contributed by atoms with Crippen molar-refractivity contribution in [2.45, 2.75) is 34.6 Å². The molecule has 0 bridgehead atoms. The fraction of sp³-hybridized carbons (Fsp3) is 0.417. The number of benzene rings is 1. The molecule has 0 radical (unpaired) electrons. The van der Waals surface area contributed by atoms with Crippen LogP contribution in [0.2, 0.25) is 0 Å². The molecule has 1 heteroatoms. The maximum absolute atomic E-state index is 2.26. The predicted octanol–water partition coefficient (Wildman–Crippen LogP) is 0.683. The van der Waals surface area contributed by atoms with Crippen molar-refractivity contribution in [2.75, 3.05) is 0 Å². The van der Waals surface area contributed by atoms with E-state index in [-0.39, 0.29) is 26.3 Å². The second kappa shape index (κ2) is 5.53.